The molecule has 0 aliphatic carbocycles. The van der Waals surface area contributed by atoms with E-state index in [0.29, 0.717) is 19.6 Å². The molecular weight excluding hydrogens is 284 g/mol. The van der Waals surface area contributed by atoms with Gasteiger partial charge in [-0.05, 0) is 17.7 Å². The molecule has 5 heteroatoms. The first-order valence-corrected chi connectivity index (χ1v) is 7.28. The lowest BCUT2D eigenvalue weighted by Gasteiger charge is -2.33. The van der Waals surface area contributed by atoms with E-state index < -0.39 is 0 Å². The molecule has 0 saturated heterocycles. The van der Waals surface area contributed by atoms with E-state index in [9.17, 15) is 4.79 Å². The third-order valence-corrected chi connectivity index (χ3v) is 3.47. The fraction of sp³-hybridized carbons (Fsp3) is 0.588. The number of hydrogen-bond acceptors (Lipinski definition) is 5. The molecule has 0 aliphatic rings. The maximum atomic E-state index is 10.9. The van der Waals surface area contributed by atoms with Crippen molar-refractivity contribution in [3.05, 3.63) is 29.8 Å². The molecule has 0 N–H and O–H groups in total. The Morgan fingerprint density at radius 2 is 1.86 bits per heavy atom. The van der Waals surface area contributed by atoms with Gasteiger partial charge in [-0.15, -0.1) is 0 Å². The average Bonchev–Trinajstić information content (AvgIpc) is 2.52. The summed E-state index contributed by atoms with van der Waals surface area (Å²) in [4.78, 5) is 10.9. The molecule has 0 saturated carbocycles. The second-order valence-electron chi connectivity index (χ2n) is 5.79. The van der Waals surface area contributed by atoms with Crippen LogP contribution >= 0.6 is 0 Å². The predicted octanol–water partition coefficient (Wildman–Crippen LogP) is 2.82. The van der Waals surface area contributed by atoms with Gasteiger partial charge in [-0.3, -0.25) is 0 Å². The van der Waals surface area contributed by atoms with E-state index in [-0.39, 0.29) is 18.3 Å². The molecule has 0 aliphatic heterocycles. The van der Waals surface area contributed by atoms with Crippen LogP contribution in [0.25, 0.3) is 0 Å². The second-order valence-corrected chi connectivity index (χ2v) is 5.79. The standard InChI is InChI=1S/C17H26O5/c1-17(2,12-21-13-19-3)16(9-10-18)22-11-14-5-7-15(20-4)8-6-14/h5-8,10,16H,9,11-13H2,1-4H3/t16-/m0/s1. The average molecular weight is 310 g/mol. The van der Waals surface area contributed by atoms with Gasteiger partial charge in [0.05, 0.1) is 26.4 Å². The number of ether oxygens (including phenoxy) is 4. The van der Waals surface area contributed by atoms with Crippen molar-refractivity contribution in [3.8, 4) is 5.75 Å². The molecule has 0 bridgehead atoms. The van der Waals surface area contributed by atoms with E-state index in [4.69, 9.17) is 18.9 Å². The number of methoxy groups -OCH3 is 2. The van der Waals surface area contributed by atoms with Crippen LogP contribution in [0.15, 0.2) is 24.3 Å². The maximum absolute atomic E-state index is 10.9. The van der Waals surface area contributed by atoms with Crippen LogP contribution in [0.1, 0.15) is 25.8 Å². The Labute approximate surface area is 132 Å². The lowest BCUT2D eigenvalue weighted by atomic mass is 9.85. The maximum Gasteiger partial charge on any atom is 0.146 e. The van der Waals surface area contributed by atoms with Crippen LogP contribution in [-0.4, -0.2) is 40.0 Å². The van der Waals surface area contributed by atoms with Crippen molar-refractivity contribution in [1.82, 2.24) is 0 Å². The topological polar surface area (TPSA) is 54.0 Å². The van der Waals surface area contributed by atoms with Gasteiger partial charge in [-0.2, -0.15) is 0 Å². The highest BCUT2D eigenvalue weighted by Gasteiger charge is 2.30. The summed E-state index contributed by atoms with van der Waals surface area (Å²) in [5.74, 6) is 0.807. The molecule has 5 nitrogen and oxygen atoms in total. The fourth-order valence-corrected chi connectivity index (χ4v) is 2.10. The van der Waals surface area contributed by atoms with Gasteiger partial charge in [0.1, 0.15) is 18.8 Å². The summed E-state index contributed by atoms with van der Waals surface area (Å²) < 4.78 is 21.4. The van der Waals surface area contributed by atoms with E-state index >= 15 is 0 Å². The first-order chi connectivity index (χ1) is 10.5. The Kier molecular flexibility index (Phi) is 8.09. The molecule has 0 heterocycles. The van der Waals surface area contributed by atoms with E-state index in [1.165, 1.54) is 0 Å². The highest BCUT2D eigenvalue weighted by molar-refractivity contribution is 5.50. The zero-order valence-electron chi connectivity index (χ0n) is 13.8. The predicted molar refractivity (Wildman–Crippen MR) is 83.9 cm³/mol. The Morgan fingerprint density at radius 1 is 1.18 bits per heavy atom. The summed E-state index contributed by atoms with van der Waals surface area (Å²) in [6.45, 7) is 5.17. The lowest BCUT2D eigenvalue weighted by molar-refractivity contribution is -0.123. The summed E-state index contributed by atoms with van der Waals surface area (Å²) in [5, 5.41) is 0. The first kappa shape index (κ1) is 18.6. The quantitative estimate of drug-likeness (QED) is 0.357. The van der Waals surface area contributed by atoms with Crippen molar-refractivity contribution < 1.29 is 23.7 Å². The van der Waals surface area contributed by atoms with Crippen LogP contribution in [-0.2, 0) is 25.6 Å². The zero-order chi connectivity index (χ0) is 16.4. The Balaban J connectivity index is 2.59. The summed E-state index contributed by atoms with van der Waals surface area (Å²) in [6.07, 6.45) is 1.000. The minimum Gasteiger partial charge on any atom is -0.497 e. The van der Waals surface area contributed by atoms with Crippen molar-refractivity contribution in [1.29, 1.82) is 0 Å². The molecule has 124 valence electrons. The van der Waals surface area contributed by atoms with Crippen LogP contribution in [0, 0.1) is 5.41 Å². The van der Waals surface area contributed by atoms with E-state index in [0.717, 1.165) is 17.6 Å². The minimum atomic E-state index is -0.286. The number of rotatable bonds is 11. The van der Waals surface area contributed by atoms with Crippen LogP contribution in [0.5, 0.6) is 5.75 Å². The van der Waals surface area contributed by atoms with Crippen LogP contribution < -0.4 is 4.74 Å². The summed E-state index contributed by atoms with van der Waals surface area (Å²) in [6, 6.07) is 7.68. The molecule has 1 aromatic carbocycles. The summed E-state index contributed by atoms with van der Waals surface area (Å²) >= 11 is 0. The second kappa shape index (κ2) is 9.56. The van der Waals surface area contributed by atoms with E-state index in [1.807, 2.05) is 38.1 Å². The molecular formula is C17H26O5. The number of hydrogen-bond donors (Lipinski definition) is 0. The Bertz CT molecular complexity index is 427. The largest absolute Gasteiger partial charge is 0.497 e. The molecule has 0 aromatic heterocycles. The Hall–Kier alpha value is -1.43. The van der Waals surface area contributed by atoms with Crippen molar-refractivity contribution in [2.24, 2.45) is 5.41 Å². The number of carbonyl (C=O) groups excluding carboxylic acids is 1. The normalized spacial score (nSPS) is 12.9. The van der Waals surface area contributed by atoms with Crippen LogP contribution in [0.3, 0.4) is 0 Å². The highest BCUT2D eigenvalue weighted by atomic mass is 16.7. The highest BCUT2D eigenvalue weighted by Crippen LogP contribution is 2.27. The number of carbonyl (C=O) groups is 1. The smallest absolute Gasteiger partial charge is 0.146 e. The van der Waals surface area contributed by atoms with Crippen molar-refractivity contribution >= 4 is 6.29 Å². The third-order valence-electron chi connectivity index (χ3n) is 3.47. The molecule has 0 fully saturated rings. The molecule has 0 amide bonds. The fourth-order valence-electron chi connectivity index (χ4n) is 2.10. The molecule has 1 atom stereocenters. The van der Waals surface area contributed by atoms with E-state index in [1.54, 1.807) is 14.2 Å². The Morgan fingerprint density at radius 3 is 2.41 bits per heavy atom. The first-order valence-electron chi connectivity index (χ1n) is 7.28. The third kappa shape index (κ3) is 6.13. The van der Waals surface area contributed by atoms with Gasteiger partial charge >= 0.3 is 0 Å². The van der Waals surface area contributed by atoms with Gasteiger partial charge in [-0.25, -0.2) is 0 Å². The molecule has 0 unspecified atom stereocenters. The molecule has 1 aromatic rings. The molecule has 0 radical (unpaired) electrons. The molecule has 22 heavy (non-hydrogen) atoms. The SMILES string of the molecule is COCOCC(C)(C)[C@H](CC=O)OCc1ccc(OC)cc1. The minimum absolute atomic E-state index is 0.219. The summed E-state index contributed by atoms with van der Waals surface area (Å²) in [7, 11) is 3.21. The molecule has 0 spiro atoms. The van der Waals surface area contributed by atoms with Gasteiger partial charge in [-0.1, -0.05) is 26.0 Å². The van der Waals surface area contributed by atoms with Gasteiger partial charge < -0.3 is 23.7 Å². The monoisotopic (exact) mass is 310 g/mol. The number of benzene rings is 1. The van der Waals surface area contributed by atoms with Gasteiger partial charge in [0.25, 0.3) is 0 Å². The van der Waals surface area contributed by atoms with Gasteiger partial charge in [0, 0.05) is 18.9 Å². The molecule has 1 rings (SSSR count). The van der Waals surface area contributed by atoms with E-state index in [2.05, 4.69) is 0 Å². The van der Waals surface area contributed by atoms with Gasteiger partial charge in [0.15, 0.2) is 0 Å². The lowest BCUT2D eigenvalue weighted by Crippen LogP contribution is -2.36. The van der Waals surface area contributed by atoms with Gasteiger partial charge in [0.2, 0.25) is 0 Å². The zero-order valence-corrected chi connectivity index (χ0v) is 13.8. The number of aldehydes is 1. The van der Waals surface area contributed by atoms with Crippen molar-refractivity contribution in [2.45, 2.75) is 33.0 Å². The van der Waals surface area contributed by atoms with Crippen LogP contribution in [0.4, 0.5) is 0 Å². The van der Waals surface area contributed by atoms with Crippen LogP contribution in [0.2, 0.25) is 0 Å². The van der Waals surface area contributed by atoms with Crippen molar-refractivity contribution in [3.63, 3.8) is 0 Å². The summed E-state index contributed by atoms with van der Waals surface area (Å²) in [5.41, 5.74) is 0.747. The van der Waals surface area contributed by atoms with Crippen molar-refractivity contribution in [2.75, 3.05) is 27.6 Å².